The molecule has 1 aliphatic heterocycles. The van der Waals surface area contributed by atoms with Crippen LogP contribution in [0, 0.1) is 0 Å². The second-order valence-electron chi connectivity index (χ2n) is 6.28. The normalized spacial score (nSPS) is 24.6. The third kappa shape index (κ3) is 4.06. The summed E-state index contributed by atoms with van der Waals surface area (Å²) >= 11 is 3.49. The first kappa shape index (κ1) is 18.0. The van der Waals surface area contributed by atoms with Crippen LogP contribution in [0.3, 0.4) is 0 Å². The van der Waals surface area contributed by atoms with Crippen molar-refractivity contribution in [3.8, 4) is 0 Å². The first-order valence-corrected chi connectivity index (χ1v) is 9.49. The molecule has 1 amide bonds. The van der Waals surface area contributed by atoms with Crippen molar-refractivity contribution in [1.29, 1.82) is 0 Å². The van der Waals surface area contributed by atoms with Gasteiger partial charge in [-0.3, -0.25) is 9.59 Å². The lowest BCUT2D eigenvalue weighted by Crippen LogP contribution is -2.56. The van der Waals surface area contributed by atoms with Crippen LogP contribution in [-0.4, -0.2) is 42.1 Å². The topological polar surface area (TPSA) is 55.8 Å². The first-order valence-electron chi connectivity index (χ1n) is 8.69. The molecule has 1 saturated carbocycles. The summed E-state index contributed by atoms with van der Waals surface area (Å²) in [5.41, 5.74) is 0.871. The fourth-order valence-electron chi connectivity index (χ4n) is 3.44. The third-order valence-electron chi connectivity index (χ3n) is 4.61. The minimum Gasteiger partial charge on any atom is -0.482 e. The standard InChI is InChI=1S/C19H22BrNO4/c1-2-24-18(22)12-21-15-9-5-6-10-16(15)25-17(19(21)23)11-13-7-3-4-8-14(13)20/h3-4,7-8,11,15-16H,2,5-6,9-10,12H2,1H3/b17-11-. The zero-order chi connectivity index (χ0) is 17.8. The Kier molecular flexibility index (Phi) is 5.78. The Hall–Kier alpha value is -1.82. The molecule has 0 aromatic heterocycles. The summed E-state index contributed by atoms with van der Waals surface area (Å²) in [6.07, 6.45) is 5.55. The molecule has 1 heterocycles. The molecule has 0 bridgehead atoms. The van der Waals surface area contributed by atoms with Crippen LogP contribution in [0.2, 0.25) is 0 Å². The third-order valence-corrected chi connectivity index (χ3v) is 5.34. The van der Waals surface area contributed by atoms with Gasteiger partial charge in [0.25, 0.3) is 5.91 Å². The van der Waals surface area contributed by atoms with Crippen molar-refractivity contribution >= 4 is 33.9 Å². The SMILES string of the molecule is CCOC(=O)CN1C(=O)/C(=C/c2ccccc2Br)OC2CCCCC21. The maximum atomic E-state index is 12.9. The Morgan fingerprint density at radius 3 is 2.88 bits per heavy atom. The number of esters is 1. The summed E-state index contributed by atoms with van der Waals surface area (Å²) in [6, 6.07) is 7.60. The van der Waals surface area contributed by atoms with E-state index in [0.717, 1.165) is 35.7 Å². The summed E-state index contributed by atoms with van der Waals surface area (Å²) < 4.78 is 12.0. The number of hydrogen-bond acceptors (Lipinski definition) is 4. The summed E-state index contributed by atoms with van der Waals surface area (Å²) in [7, 11) is 0. The van der Waals surface area contributed by atoms with Crippen LogP contribution in [-0.2, 0) is 19.1 Å². The van der Waals surface area contributed by atoms with Crippen molar-refractivity contribution in [2.24, 2.45) is 0 Å². The van der Waals surface area contributed by atoms with Crippen LogP contribution in [0.15, 0.2) is 34.5 Å². The van der Waals surface area contributed by atoms with Gasteiger partial charge in [0, 0.05) is 4.47 Å². The highest BCUT2D eigenvalue weighted by atomic mass is 79.9. The quantitative estimate of drug-likeness (QED) is 0.565. The molecule has 1 aromatic rings. The zero-order valence-corrected chi connectivity index (χ0v) is 15.8. The molecule has 2 aliphatic rings. The van der Waals surface area contributed by atoms with Crippen molar-refractivity contribution in [2.75, 3.05) is 13.2 Å². The van der Waals surface area contributed by atoms with Crippen molar-refractivity contribution < 1.29 is 19.1 Å². The predicted octanol–water partition coefficient (Wildman–Crippen LogP) is 3.52. The molecule has 1 aliphatic carbocycles. The molecule has 2 unspecified atom stereocenters. The smallest absolute Gasteiger partial charge is 0.325 e. The number of rotatable bonds is 4. The van der Waals surface area contributed by atoms with Crippen LogP contribution < -0.4 is 0 Å². The lowest BCUT2D eigenvalue weighted by molar-refractivity contribution is -0.159. The largest absolute Gasteiger partial charge is 0.482 e. The Bertz CT molecular complexity index is 688. The van der Waals surface area contributed by atoms with Gasteiger partial charge in [-0.05, 0) is 43.9 Å². The highest BCUT2D eigenvalue weighted by molar-refractivity contribution is 9.10. The average Bonchev–Trinajstić information content (AvgIpc) is 2.60. The van der Waals surface area contributed by atoms with Crippen molar-refractivity contribution in [2.45, 2.75) is 44.8 Å². The summed E-state index contributed by atoms with van der Waals surface area (Å²) in [5, 5.41) is 0. The maximum absolute atomic E-state index is 12.9. The number of carbonyl (C=O) groups is 2. The molecular formula is C19H22BrNO4. The number of carbonyl (C=O) groups excluding carboxylic acids is 2. The molecule has 2 fully saturated rings. The van der Waals surface area contributed by atoms with E-state index >= 15 is 0 Å². The number of morpholine rings is 1. The molecule has 1 aromatic carbocycles. The van der Waals surface area contributed by atoms with Crippen molar-refractivity contribution in [3.63, 3.8) is 0 Å². The summed E-state index contributed by atoms with van der Waals surface area (Å²) in [5.74, 6) is -0.325. The first-order chi connectivity index (χ1) is 12.1. The van der Waals surface area contributed by atoms with Gasteiger partial charge < -0.3 is 14.4 Å². The van der Waals surface area contributed by atoms with Crippen LogP contribution in [0.5, 0.6) is 0 Å². The van der Waals surface area contributed by atoms with Gasteiger partial charge in [-0.2, -0.15) is 0 Å². The van der Waals surface area contributed by atoms with Crippen LogP contribution >= 0.6 is 15.9 Å². The van der Waals surface area contributed by atoms with E-state index in [0.29, 0.717) is 12.4 Å². The highest BCUT2D eigenvalue weighted by Gasteiger charge is 2.42. The molecular weight excluding hydrogens is 386 g/mol. The molecule has 2 atom stereocenters. The lowest BCUT2D eigenvalue weighted by atomic mass is 9.89. The number of amides is 1. The number of ether oxygens (including phenoxy) is 2. The van der Waals surface area contributed by atoms with Crippen molar-refractivity contribution in [3.05, 3.63) is 40.1 Å². The molecule has 5 nitrogen and oxygen atoms in total. The van der Waals surface area contributed by atoms with E-state index in [-0.39, 0.29) is 30.6 Å². The van der Waals surface area contributed by atoms with Gasteiger partial charge in [0.15, 0.2) is 5.76 Å². The number of benzene rings is 1. The Labute approximate surface area is 156 Å². The molecule has 0 N–H and O–H groups in total. The molecule has 0 radical (unpaired) electrons. The summed E-state index contributed by atoms with van der Waals surface area (Å²) in [4.78, 5) is 26.5. The van der Waals surface area contributed by atoms with Gasteiger partial charge in [0.1, 0.15) is 12.6 Å². The highest BCUT2D eigenvalue weighted by Crippen LogP contribution is 2.33. The van der Waals surface area contributed by atoms with Crippen LogP contribution in [0.1, 0.15) is 38.2 Å². The van der Waals surface area contributed by atoms with Crippen LogP contribution in [0.25, 0.3) is 6.08 Å². The number of nitrogens with zero attached hydrogens (tertiary/aromatic N) is 1. The van der Waals surface area contributed by atoms with E-state index in [1.165, 1.54) is 0 Å². The lowest BCUT2D eigenvalue weighted by Gasteiger charge is -2.44. The van der Waals surface area contributed by atoms with E-state index < -0.39 is 0 Å². The van der Waals surface area contributed by atoms with Gasteiger partial charge in [-0.15, -0.1) is 0 Å². The van der Waals surface area contributed by atoms with Gasteiger partial charge in [0.05, 0.1) is 12.6 Å². The van der Waals surface area contributed by atoms with Crippen LogP contribution in [0.4, 0.5) is 0 Å². The Balaban J connectivity index is 1.88. The summed E-state index contributed by atoms with van der Waals surface area (Å²) in [6.45, 7) is 2.05. The molecule has 0 spiro atoms. The van der Waals surface area contributed by atoms with E-state index in [4.69, 9.17) is 9.47 Å². The fraction of sp³-hybridized carbons (Fsp3) is 0.474. The minimum absolute atomic E-state index is 0.0233. The van der Waals surface area contributed by atoms with E-state index in [9.17, 15) is 9.59 Å². The predicted molar refractivity (Wildman–Crippen MR) is 97.6 cm³/mol. The number of hydrogen-bond donors (Lipinski definition) is 0. The molecule has 6 heteroatoms. The number of halogens is 1. The van der Waals surface area contributed by atoms with E-state index in [2.05, 4.69) is 15.9 Å². The van der Waals surface area contributed by atoms with Gasteiger partial charge in [-0.25, -0.2) is 0 Å². The van der Waals surface area contributed by atoms with E-state index in [1.807, 2.05) is 24.3 Å². The molecule has 134 valence electrons. The average molecular weight is 408 g/mol. The number of fused-ring (bicyclic) bond motifs is 1. The Morgan fingerprint density at radius 2 is 2.12 bits per heavy atom. The molecule has 3 rings (SSSR count). The van der Waals surface area contributed by atoms with Gasteiger partial charge >= 0.3 is 5.97 Å². The van der Waals surface area contributed by atoms with Gasteiger partial charge in [-0.1, -0.05) is 40.5 Å². The monoisotopic (exact) mass is 407 g/mol. The molecule has 1 saturated heterocycles. The van der Waals surface area contributed by atoms with E-state index in [1.54, 1.807) is 17.9 Å². The maximum Gasteiger partial charge on any atom is 0.325 e. The van der Waals surface area contributed by atoms with Gasteiger partial charge in [0.2, 0.25) is 0 Å². The fourth-order valence-corrected chi connectivity index (χ4v) is 3.84. The second-order valence-corrected chi connectivity index (χ2v) is 7.13. The molecule has 25 heavy (non-hydrogen) atoms. The zero-order valence-electron chi connectivity index (χ0n) is 14.2. The minimum atomic E-state index is -0.373. The Morgan fingerprint density at radius 1 is 1.36 bits per heavy atom. The second kappa shape index (κ2) is 8.04. The van der Waals surface area contributed by atoms with Crippen molar-refractivity contribution in [1.82, 2.24) is 4.90 Å².